The van der Waals surface area contributed by atoms with Crippen LogP contribution in [-0.2, 0) is 4.74 Å². The van der Waals surface area contributed by atoms with Gasteiger partial charge in [-0.3, -0.25) is 0 Å². The van der Waals surface area contributed by atoms with E-state index in [0.717, 1.165) is 26.0 Å². The van der Waals surface area contributed by atoms with E-state index in [1.165, 1.54) is 11.1 Å². The zero-order valence-electron chi connectivity index (χ0n) is 12.5. The Morgan fingerprint density at radius 1 is 1.21 bits per heavy atom. The summed E-state index contributed by atoms with van der Waals surface area (Å²) >= 11 is 0. The van der Waals surface area contributed by atoms with Gasteiger partial charge in [-0.1, -0.05) is 56.3 Å². The lowest BCUT2D eigenvalue weighted by molar-refractivity contribution is 0.0335. The minimum Gasteiger partial charge on any atom is -0.372 e. The Morgan fingerprint density at radius 3 is 2.42 bits per heavy atom. The number of hydrogen-bond acceptors (Lipinski definition) is 2. The average molecular weight is 261 g/mol. The number of ether oxygens (including phenoxy) is 1. The lowest BCUT2D eigenvalue weighted by Crippen LogP contribution is -2.36. The van der Waals surface area contributed by atoms with Gasteiger partial charge in [-0.05, 0) is 31.9 Å². The number of nitrogens with one attached hydrogen (secondary N) is 1. The first kappa shape index (κ1) is 15.9. The van der Waals surface area contributed by atoms with Crippen LogP contribution >= 0.6 is 0 Å². The molecule has 0 fully saturated rings. The van der Waals surface area contributed by atoms with Crippen LogP contribution in [0.15, 0.2) is 42.5 Å². The van der Waals surface area contributed by atoms with Crippen LogP contribution in [0.3, 0.4) is 0 Å². The van der Waals surface area contributed by atoms with Gasteiger partial charge >= 0.3 is 0 Å². The zero-order chi connectivity index (χ0) is 14.1. The van der Waals surface area contributed by atoms with Crippen molar-refractivity contribution in [3.63, 3.8) is 0 Å². The van der Waals surface area contributed by atoms with Crippen LogP contribution < -0.4 is 5.32 Å². The van der Waals surface area contributed by atoms with Gasteiger partial charge in [-0.15, -0.1) is 0 Å². The molecule has 0 saturated carbocycles. The van der Waals surface area contributed by atoms with Gasteiger partial charge in [0, 0.05) is 12.6 Å². The second-order valence-electron chi connectivity index (χ2n) is 4.76. The molecule has 0 bridgehead atoms. The van der Waals surface area contributed by atoms with E-state index in [2.05, 4.69) is 50.0 Å². The second-order valence-corrected chi connectivity index (χ2v) is 4.76. The molecule has 0 aliphatic heterocycles. The Kier molecular flexibility index (Phi) is 7.46. The molecule has 0 heterocycles. The van der Waals surface area contributed by atoms with Crippen molar-refractivity contribution in [3.05, 3.63) is 48.0 Å². The third kappa shape index (κ3) is 5.17. The summed E-state index contributed by atoms with van der Waals surface area (Å²) in [5.41, 5.74) is 2.51. The molecular weight excluding hydrogens is 234 g/mol. The molecule has 2 heteroatoms. The van der Waals surface area contributed by atoms with Gasteiger partial charge in [0.15, 0.2) is 0 Å². The first-order chi connectivity index (χ1) is 9.22. The standard InChI is InChI=1S/C17H27NO/c1-5-14(4)13-16(18-6-2)17(19-7-3)15-11-9-8-10-12-15/h8-12,16-18H,4-7,13H2,1-3H3. The summed E-state index contributed by atoms with van der Waals surface area (Å²) in [4.78, 5) is 0. The highest BCUT2D eigenvalue weighted by Gasteiger charge is 2.23. The Balaban J connectivity index is 2.88. The highest BCUT2D eigenvalue weighted by Crippen LogP contribution is 2.25. The zero-order valence-corrected chi connectivity index (χ0v) is 12.5. The predicted molar refractivity (Wildman–Crippen MR) is 82.3 cm³/mol. The first-order valence-corrected chi connectivity index (χ1v) is 7.29. The van der Waals surface area contributed by atoms with E-state index in [4.69, 9.17) is 4.74 Å². The van der Waals surface area contributed by atoms with Crippen molar-refractivity contribution >= 4 is 0 Å². The number of likely N-dealkylation sites (N-methyl/N-ethyl adjacent to an activating group) is 1. The summed E-state index contributed by atoms with van der Waals surface area (Å²) in [6.45, 7) is 12.1. The van der Waals surface area contributed by atoms with E-state index in [-0.39, 0.29) is 6.10 Å². The summed E-state index contributed by atoms with van der Waals surface area (Å²) in [5.74, 6) is 0. The van der Waals surface area contributed by atoms with Crippen LogP contribution in [0.5, 0.6) is 0 Å². The molecule has 0 amide bonds. The maximum atomic E-state index is 5.98. The van der Waals surface area contributed by atoms with Gasteiger partial charge in [-0.25, -0.2) is 0 Å². The van der Waals surface area contributed by atoms with E-state index >= 15 is 0 Å². The molecule has 0 aromatic heterocycles. The first-order valence-electron chi connectivity index (χ1n) is 7.29. The molecule has 0 aliphatic rings. The lowest BCUT2D eigenvalue weighted by Gasteiger charge is -2.28. The minimum atomic E-state index is 0.0921. The van der Waals surface area contributed by atoms with Crippen molar-refractivity contribution in [3.8, 4) is 0 Å². The highest BCUT2D eigenvalue weighted by atomic mass is 16.5. The number of benzene rings is 1. The molecular formula is C17H27NO. The van der Waals surface area contributed by atoms with Crippen LogP contribution in [0.2, 0.25) is 0 Å². The average Bonchev–Trinajstić information content (AvgIpc) is 2.45. The van der Waals surface area contributed by atoms with Crippen molar-refractivity contribution in [1.82, 2.24) is 5.32 Å². The van der Waals surface area contributed by atoms with Crippen molar-refractivity contribution in [1.29, 1.82) is 0 Å². The quantitative estimate of drug-likeness (QED) is 0.676. The lowest BCUT2D eigenvalue weighted by atomic mass is 9.95. The second kappa shape index (κ2) is 8.89. The van der Waals surface area contributed by atoms with Crippen LogP contribution in [0.1, 0.15) is 45.3 Å². The molecule has 1 aromatic rings. The van der Waals surface area contributed by atoms with E-state index < -0.39 is 0 Å². The van der Waals surface area contributed by atoms with Gasteiger partial charge in [-0.2, -0.15) is 0 Å². The fourth-order valence-electron chi connectivity index (χ4n) is 2.27. The van der Waals surface area contributed by atoms with Crippen molar-refractivity contribution in [2.24, 2.45) is 0 Å². The Hall–Kier alpha value is -1.12. The van der Waals surface area contributed by atoms with Crippen molar-refractivity contribution in [2.45, 2.75) is 45.8 Å². The number of hydrogen-bond donors (Lipinski definition) is 1. The smallest absolute Gasteiger partial charge is 0.0980 e. The molecule has 19 heavy (non-hydrogen) atoms. The Labute approximate surface area is 117 Å². The fraction of sp³-hybridized carbons (Fsp3) is 0.529. The topological polar surface area (TPSA) is 21.3 Å². The Morgan fingerprint density at radius 2 is 1.89 bits per heavy atom. The molecule has 0 spiro atoms. The highest BCUT2D eigenvalue weighted by molar-refractivity contribution is 5.20. The minimum absolute atomic E-state index is 0.0921. The summed E-state index contributed by atoms with van der Waals surface area (Å²) in [7, 11) is 0. The summed E-state index contributed by atoms with van der Waals surface area (Å²) in [6.07, 6.45) is 2.08. The molecule has 2 atom stereocenters. The van der Waals surface area contributed by atoms with E-state index in [0.29, 0.717) is 6.04 Å². The molecule has 1 N–H and O–H groups in total. The van der Waals surface area contributed by atoms with Crippen LogP contribution in [0.4, 0.5) is 0 Å². The molecule has 0 aliphatic carbocycles. The normalized spacial score (nSPS) is 14.1. The maximum Gasteiger partial charge on any atom is 0.0980 e. The maximum absolute atomic E-state index is 5.98. The third-order valence-electron chi connectivity index (χ3n) is 3.31. The third-order valence-corrected chi connectivity index (χ3v) is 3.31. The summed E-state index contributed by atoms with van der Waals surface area (Å²) in [6, 6.07) is 10.7. The van der Waals surface area contributed by atoms with Crippen LogP contribution in [0.25, 0.3) is 0 Å². The summed E-state index contributed by atoms with van der Waals surface area (Å²) < 4.78 is 5.98. The molecule has 1 rings (SSSR count). The molecule has 1 aromatic carbocycles. The monoisotopic (exact) mass is 261 g/mol. The van der Waals surface area contributed by atoms with Gasteiger partial charge < -0.3 is 10.1 Å². The number of rotatable bonds is 9. The van der Waals surface area contributed by atoms with Crippen molar-refractivity contribution < 1.29 is 4.74 Å². The molecule has 2 nitrogen and oxygen atoms in total. The summed E-state index contributed by atoms with van der Waals surface area (Å²) in [5, 5.41) is 3.55. The molecule has 2 unspecified atom stereocenters. The van der Waals surface area contributed by atoms with Gasteiger partial charge in [0.05, 0.1) is 6.10 Å². The molecule has 0 radical (unpaired) electrons. The molecule has 0 saturated heterocycles. The van der Waals surface area contributed by atoms with Gasteiger partial charge in [0.2, 0.25) is 0 Å². The Bertz CT molecular complexity index is 361. The van der Waals surface area contributed by atoms with Gasteiger partial charge in [0.1, 0.15) is 0 Å². The fourth-order valence-corrected chi connectivity index (χ4v) is 2.27. The molecule has 106 valence electrons. The largest absolute Gasteiger partial charge is 0.372 e. The van der Waals surface area contributed by atoms with E-state index in [1.54, 1.807) is 0 Å². The SMILES string of the molecule is C=C(CC)CC(NCC)C(OCC)c1ccccc1. The predicted octanol–water partition coefficient (Wildman–Crippen LogP) is 4.10. The van der Waals surface area contributed by atoms with Crippen molar-refractivity contribution in [2.75, 3.05) is 13.2 Å². The van der Waals surface area contributed by atoms with E-state index in [1.807, 2.05) is 13.0 Å². The van der Waals surface area contributed by atoms with Crippen LogP contribution in [0, 0.1) is 0 Å². The van der Waals surface area contributed by atoms with Crippen LogP contribution in [-0.4, -0.2) is 19.2 Å². The van der Waals surface area contributed by atoms with Gasteiger partial charge in [0.25, 0.3) is 0 Å². The van der Waals surface area contributed by atoms with E-state index in [9.17, 15) is 0 Å².